The van der Waals surface area contributed by atoms with Crippen molar-refractivity contribution in [2.45, 2.75) is 11.8 Å². The minimum Gasteiger partial charge on any atom is -0.227 e. The summed E-state index contributed by atoms with van der Waals surface area (Å²) in [6.07, 6.45) is 0. The van der Waals surface area contributed by atoms with E-state index in [9.17, 15) is 4.39 Å². The molecule has 0 heterocycles. The van der Waals surface area contributed by atoms with Crippen LogP contribution in [-0.4, -0.2) is 7.11 Å². The highest BCUT2D eigenvalue weighted by Crippen LogP contribution is 2.21. The first kappa shape index (κ1) is 9.51. The standard InChI is InChI=1S/C8H9FO2S/c1-6-3-4-7(5-8(6)9)12-11-10-2/h3-5H,1-2H3. The second-order valence-corrected chi connectivity index (χ2v) is 3.00. The molecule has 0 spiro atoms. The predicted octanol–water partition coefficient (Wildman–Crippen LogP) is 2.72. The monoisotopic (exact) mass is 188 g/mol. The number of aryl methyl sites for hydroxylation is 1. The van der Waals surface area contributed by atoms with Crippen LogP contribution in [0.4, 0.5) is 4.39 Å². The van der Waals surface area contributed by atoms with E-state index in [0.29, 0.717) is 10.5 Å². The van der Waals surface area contributed by atoms with Crippen molar-refractivity contribution in [2.75, 3.05) is 7.11 Å². The Bertz CT molecular complexity index is 265. The summed E-state index contributed by atoms with van der Waals surface area (Å²) in [5, 5.41) is 0. The summed E-state index contributed by atoms with van der Waals surface area (Å²) in [5.41, 5.74) is 0.622. The Hall–Kier alpha value is -0.580. The molecule has 0 N–H and O–H groups in total. The molecule has 12 heavy (non-hydrogen) atoms. The zero-order valence-electron chi connectivity index (χ0n) is 6.83. The highest BCUT2D eigenvalue weighted by Gasteiger charge is 2.00. The van der Waals surface area contributed by atoms with Crippen molar-refractivity contribution in [1.29, 1.82) is 0 Å². The largest absolute Gasteiger partial charge is 0.227 e. The first-order valence-corrected chi connectivity index (χ1v) is 4.11. The van der Waals surface area contributed by atoms with Crippen molar-refractivity contribution in [3.63, 3.8) is 0 Å². The molecule has 0 aromatic heterocycles. The van der Waals surface area contributed by atoms with Gasteiger partial charge in [0.25, 0.3) is 0 Å². The van der Waals surface area contributed by atoms with Gasteiger partial charge in [0, 0.05) is 4.90 Å². The van der Waals surface area contributed by atoms with Crippen molar-refractivity contribution in [3.8, 4) is 0 Å². The molecular formula is C8H9FO2S. The summed E-state index contributed by atoms with van der Waals surface area (Å²) in [7, 11) is 1.40. The van der Waals surface area contributed by atoms with Gasteiger partial charge in [-0.25, -0.2) is 9.28 Å². The van der Waals surface area contributed by atoms with Crippen LogP contribution in [0.3, 0.4) is 0 Å². The third kappa shape index (κ3) is 2.48. The van der Waals surface area contributed by atoms with E-state index < -0.39 is 0 Å². The van der Waals surface area contributed by atoms with E-state index >= 15 is 0 Å². The SMILES string of the molecule is COOSc1ccc(C)c(F)c1. The van der Waals surface area contributed by atoms with E-state index in [1.165, 1.54) is 13.2 Å². The Balaban J connectivity index is 2.69. The Morgan fingerprint density at radius 1 is 1.42 bits per heavy atom. The van der Waals surface area contributed by atoms with Gasteiger partial charge in [-0.2, -0.15) is 4.33 Å². The fourth-order valence-electron chi connectivity index (χ4n) is 0.699. The van der Waals surface area contributed by atoms with E-state index in [1.54, 1.807) is 19.1 Å². The van der Waals surface area contributed by atoms with Crippen LogP contribution in [0.5, 0.6) is 0 Å². The Morgan fingerprint density at radius 3 is 2.75 bits per heavy atom. The van der Waals surface area contributed by atoms with Crippen molar-refractivity contribution < 1.29 is 13.6 Å². The van der Waals surface area contributed by atoms with Gasteiger partial charge >= 0.3 is 0 Å². The molecule has 0 amide bonds. The van der Waals surface area contributed by atoms with Crippen LogP contribution < -0.4 is 0 Å². The molecule has 1 rings (SSSR count). The average molecular weight is 188 g/mol. The number of hydrogen-bond donors (Lipinski definition) is 0. The number of hydrogen-bond acceptors (Lipinski definition) is 3. The number of halogens is 1. The van der Waals surface area contributed by atoms with Gasteiger partial charge in [-0.3, -0.25) is 0 Å². The highest BCUT2D eigenvalue weighted by molar-refractivity contribution is 7.94. The molecule has 66 valence electrons. The molecule has 0 fully saturated rings. The highest BCUT2D eigenvalue weighted by atomic mass is 32.2. The molecular weight excluding hydrogens is 179 g/mol. The molecule has 0 bridgehead atoms. The molecule has 1 aromatic rings. The topological polar surface area (TPSA) is 18.5 Å². The lowest BCUT2D eigenvalue weighted by Gasteiger charge is -2.00. The van der Waals surface area contributed by atoms with Gasteiger partial charge in [0.15, 0.2) is 0 Å². The maximum absolute atomic E-state index is 12.9. The summed E-state index contributed by atoms with van der Waals surface area (Å²) < 4.78 is 17.5. The molecule has 2 nitrogen and oxygen atoms in total. The molecule has 0 atom stereocenters. The first-order valence-electron chi connectivity index (χ1n) is 3.37. The molecule has 0 unspecified atom stereocenters. The average Bonchev–Trinajstić information content (AvgIpc) is 2.07. The summed E-state index contributed by atoms with van der Waals surface area (Å²) >= 11 is 0.981. The van der Waals surface area contributed by atoms with Crippen molar-refractivity contribution >= 4 is 12.0 Å². The predicted molar refractivity (Wildman–Crippen MR) is 45.1 cm³/mol. The van der Waals surface area contributed by atoms with E-state index in [0.717, 1.165) is 12.0 Å². The Labute approximate surface area is 74.8 Å². The third-order valence-corrected chi connectivity index (χ3v) is 1.99. The minimum atomic E-state index is -0.236. The van der Waals surface area contributed by atoms with E-state index in [4.69, 9.17) is 0 Å². The molecule has 0 aliphatic heterocycles. The maximum atomic E-state index is 12.9. The second-order valence-electron chi connectivity index (χ2n) is 2.23. The fourth-order valence-corrected chi connectivity index (χ4v) is 1.12. The minimum absolute atomic E-state index is 0.236. The fraction of sp³-hybridized carbons (Fsp3) is 0.250. The van der Waals surface area contributed by atoms with Gasteiger partial charge in [-0.15, -0.1) is 0 Å². The molecule has 0 aliphatic rings. The van der Waals surface area contributed by atoms with Gasteiger partial charge in [0.2, 0.25) is 0 Å². The van der Waals surface area contributed by atoms with Gasteiger partial charge < -0.3 is 0 Å². The van der Waals surface area contributed by atoms with Crippen LogP contribution in [0.25, 0.3) is 0 Å². The van der Waals surface area contributed by atoms with Crippen LogP contribution in [0.15, 0.2) is 23.1 Å². The number of rotatable bonds is 3. The quantitative estimate of drug-likeness (QED) is 0.413. The molecule has 4 heteroatoms. The van der Waals surface area contributed by atoms with E-state index in [-0.39, 0.29) is 5.82 Å². The third-order valence-electron chi connectivity index (χ3n) is 1.34. The maximum Gasteiger partial charge on any atom is 0.127 e. The van der Waals surface area contributed by atoms with Crippen LogP contribution in [-0.2, 0) is 9.22 Å². The summed E-state index contributed by atoms with van der Waals surface area (Å²) in [4.78, 5) is 5.04. The molecule has 1 aromatic carbocycles. The second kappa shape index (κ2) is 4.45. The van der Waals surface area contributed by atoms with E-state index in [1.807, 2.05) is 0 Å². The summed E-state index contributed by atoms with van der Waals surface area (Å²) in [6, 6.07) is 4.86. The lowest BCUT2D eigenvalue weighted by molar-refractivity contribution is -0.160. The van der Waals surface area contributed by atoms with Gasteiger partial charge in [-0.1, -0.05) is 6.07 Å². The van der Waals surface area contributed by atoms with Crippen molar-refractivity contribution in [3.05, 3.63) is 29.6 Å². The molecule has 0 saturated heterocycles. The van der Waals surface area contributed by atoms with Crippen LogP contribution >= 0.6 is 12.0 Å². The summed E-state index contributed by atoms with van der Waals surface area (Å²) in [5.74, 6) is -0.236. The Morgan fingerprint density at radius 2 is 2.17 bits per heavy atom. The molecule has 0 aliphatic carbocycles. The van der Waals surface area contributed by atoms with Crippen LogP contribution in [0.2, 0.25) is 0 Å². The van der Waals surface area contributed by atoms with Crippen LogP contribution in [0.1, 0.15) is 5.56 Å². The summed E-state index contributed by atoms with van der Waals surface area (Å²) in [6.45, 7) is 1.71. The van der Waals surface area contributed by atoms with Gasteiger partial charge in [0.1, 0.15) is 5.82 Å². The van der Waals surface area contributed by atoms with Gasteiger partial charge in [0.05, 0.1) is 19.2 Å². The van der Waals surface area contributed by atoms with Gasteiger partial charge in [-0.05, 0) is 24.6 Å². The molecule has 0 saturated carbocycles. The normalized spacial score (nSPS) is 10.2. The number of benzene rings is 1. The Kier molecular flexibility index (Phi) is 3.52. The zero-order valence-corrected chi connectivity index (χ0v) is 7.65. The lowest BCUT2D eigenvalue weighted by atomic mass is 10.2. The lowest BCUT2D eigenvalue weighted by Crippen LogP contribution is -1.83. The smallest absolute Gasteiger partial charge is 0.127 e. The van der Waals surface area contributed by atoms with E-state index in [2.05, 4.69) is 9.22 Å². The van der Waals surface area contributed by atoms with Crippen LogP contribution in [0, 0.1) is 12.7 Å². The zero-order chi connectivity index (χ0) is 8.97. The van der Waals surface area contributed by atoms with Crippen molar-refractivity contribution in [2.24, 2.45) is 0 Å². The first-order chi connectivity index (χ1) is 5.74. The molecule has 0 radical (unpaired) electrons. The van der Waals surface area contributed by atoms with Crippen molar-refractivity contribution in [1.82, 2.24) is 0 Å².